The van der Waals surface area contributed by atoms with Crippen molar-refractivity contribution in [2.75, 3.05) is 6.54 Å². The Labute approximate surface area is 129 Å². The van der Waals surface area contributed by atoms with Crippen molar-refractivity contribution in [3.63, 3.8) is 0 Å². The summed E-state index contributed by atoms with van der Waals surface area (Å²) in [5.41, 5.74) is 1.41. The van der Waals surface area contributed by atoms with Gasteiger partial charge in [0.25, 0.3) is 5.91 Å². The molecule has 110 valence electrons. The third kappa shape index (κ3) is 4.26. The molecule has 0 bridgehead atoms. The molecule has 2 aromatic rings. The van der Waals surface area contributed by atoms with E-state index in [1.54, 1.807) is 0 Å². The van der Waals surface area contributed by atoms with Crippen molar-refractivity contribution in [3.8, 4) is 0 Å². The molecule has 21 heavy (non-hydrogen) atoms. The zero-order valence-corrected chi connectivity index (χ0v) is 12.9. The summed E-state index contributed by atoms with van der Waals surface area (Å²) in [4.78, 5) is 20.5. The molecule has 1 N–H and O–H groups in total. The van der Waals surface area contributed by atoms with Crippen molar-refractivity contribution in [3.05, 3.63) is 58.6 Å². The third-order valence-corrected chi connectivity index (χ3v) is 3.31. The lowest BCUT2D eigenvalue weighted by atomic mass is 10.1. The van der Waals surface area contributed by atoms with E-state index in [0.29, 0.717) is 12.4 Å². The molecular weight excluding hydrogens is 286 g/mol. The number of hydrogen-bond donors (Lipinski definition) is 1. The van der Waals surface area contributed by atoms with E-state index < -0.39 is 0 Å². The largest absolute Gasteiger partial charge is 0.350 e. The highest BCUT2D eigenvalue weighted by Gasteiger charge is 2.15. The van der Waals surface area contributed by atoms with Gasteiger partial charge in [0.05, 0.1) is 11.2 Å². The number of hydrogen-bond acceptors (Lipinski definition) is 3. The lowest BCUT2D eigenvalue weighted by Gasteiger charge is -2.09. The van der Waals surface area contributed by atoms with E-state index >= 15 is 0 Å². The number of benzene rings is 1. The van der Waals surface area contributed by atoms with E-state index in [4.69, 9.17) is 11.6 Å². The number of halogens is 1. The number of carbonyl (C=O) groups is 1. The van der Waals surface area contributed by atoms with E-state index in [0.717, 1.165) is 6.42 Å². The van der Waals surface area contributed by atoms with Crippen LogP contribution in [0.4, 0.5) is 0 Å². The van der Waals surface area contributed by atoms with Crippen molar-refractivity contribution in [2.24, 2.45) is 0 Å². The van der Waals surface area contributed by atoms with Gasteiger partial charge in [0.1, 0.15) is 11.5 Å². The predicted molar refractivity (Wildman–Crippen MR) is 83.6 cm³/mol. The summed E-state index contributed by atoms with van der Waals surface area (Å²) in [6.45, 7) is 4.49. The molecule has 1 aromatic heterocycles. The Hall–Kier alpha value is -1.94. The number of rotatable bonds is 5. The van der Waals surface area contributed by atoms with E-state index in [9.17, 15) is 4.79 Å². The standard InChI is InChI=1S/C16H18ClN3O/c1-11(2)15-19-10-13(17)14(20-15)16(21)18-9-8-12-6-4-3-5-7-12/h3-7,10-11H,8-9H2,1-2H3,(H,18,21). The number of nitrogens with one attached hydrogen (secondary N) is 1. The van der Waals surface area contributed by atoms with Crippen LogP contribution in [0.5, 0.6) is 0 Å². The first-order valence-corrected chi connectivity index (χ1v) is 7.30. The molecule has 1 aromatic carbocycles. The summed E-state index contributed by atoms with van der Waals surface area (Å²) in [7, 11) is 0. The normalized spacial score (nSPS) is 10.7. The van der Waals surface area contributed by atoms with Gasteiger partial charge in [0, 0.05) is 12.5 Å². The van der Waals surface area contributed by atoms with Crippen LogP contribution < -0.4 is 5.32 Å². The maximum atomic E-state index is 12.1. The highest BCUT2D eigenvalue weighted by atomic mass is 35.5. The molecule has 0 atom stereocenters. The summed E-state index contributed by atoms with van der Waals surface area (Å²) in [5, 5.41) is 3.12. The van der Waals surface area contributed by atoms with Crippen molar-refractivity contribution in [2.45, 2.75) is 26.2 Å². The maximum Gasteiger partial charge on any atom is 0.271 e. The zero-order valence-electron chi connectivity index (χ0n) is 12.1. The number of amides is 1. The second kappa shape index (κ2) is 7.18. The second-order valence-electron chi connectivity index (χ2n) is 5.07. The predicted octanol–water partition coefficient (Wildman–Crippen LogP) is 3.23. The molecule has 0 saturated carbocycles. The Morgan fingerprint density at radius 2 is 2.00 bits per heavy atom. The van der Waals surface area contributed by atoms with Crippen LogP contribution in [0.25, 0.3) is 0 Å². The first-order valence-electron chi connectivity index (χ1n) is 6.92. The summed E-state index contributed by atoms with van der Waals surface area (Å²) in [6.07, 6.45) is 2.25. The number of nitrogens with zero attached hydrogens (tertiary/aromatic N) is 2. The third-order valence-electron chi connectivity index (χ3n) is 3.04. The molecule has 0 aliphatic carbocycles. The Balaban J connectivity index is 1.98. The average molecular weight is 304 g/mol. The van der Waals surface area contributed by atoms with E-state index in [-0.39, 0.29) is 22.5 Å². The highest BCUT2D eigenvalue weighted by molar-refractivity contribution is 6.33. The maximum absolute atomic E-state index is 12.1. The number of aromatic nitrogens is 2. The monoisotopic (exact) mass is 303 g/mol. The second-order valence-corrected chi connectivity index (χ2v) is 5.48. The van der Waals surface area contributed by atoms with Crippen LogP contribution in [0.2, 0.25) is 5.02 Å². The van der Waals surface area contributed by atoms with Gasteiger partial charge in [0.15, 0.2) is 0 Å². The fourth-order valence-corrected chi connectivity index (χ4v) is 2.04. The topological polar surface area (TPSA) is 54.9 Å². The van der Waals surface area contributed by atoms with Crippen molar-refractivity contribution < 1.29 is 4.79 Å². The molecule has 0 aliphatic heterocycles. The molecule has 1 amide bonds. The quantitative estimate of drug-likeness (QED) is 0.922. The van der Waals surface area contributed by atoms with E-state index in [2.05, 4.69) is 15.3 Å². The van der Waals surface area contributed by atoms with Crippen LogP contribution in [0.1, 0.15) is 41.6 Å². The molecule has 0 spiro atoms. The SMILES string of the molecule is CC(C)c1ncc(Cl)c(C(=O)NCCc2ccccc2)n1. The van der Waals surface area contributed by atoms with Gasteiger partial charge < -0.3 is 5.32 Å². The summed E-state index contributed by atoms with van der Waals surface area (Å²) in [6, 6.07) is 9.98. The first-order chi connectivity index (χ1) is 10.1. The minimum Gasteiger partial charge on any atom is -0.350 e. The van der Waals surface area contributed by atoms with Crippen LogP contribution in [0.3, 0.4) is 0 Å². The number of carbonyl (C=O) groups excluding carboxylic acids is 1. The zero-order chi connectivity index (χ0) is 15.2. The van der Waals surface area contributed by atoms with Gasteiger partial charge in [-0.15, -0.1) is 0 Å². The fraction of sp³-hybridized carbons (Fsp3) is 0.312. The Kier molecular flexibility index (Phi) is 5.28. The van der Waals surface area contributed by atoms with Crippen molar-refractivity contribution in [1.29, 1.82) is 0 Å². The van der Waals surface area contributed by atoms with Gasteiger partial charge in [-0.25, -0.2) is 9.97 Å². The van der Waals surface area contributed by atoms with E-state index in [1.165, 1.54) is 11.8 Å². The van der Waals surface area contributed by atoms with Gasteiger partial charge in [-0.1, -0.05) is 55.8 Å². The molecule has 0 aliphatic rings. The van der Waals surface area contributed by atoms with Crippen molar-refractivity contribution in [1.82, 2.24) is 15.3 Å². The molecule has 2 rings (SSSR count). The average Bonchev–Trinajstić information content (AvgIpc) is 2.48. The first kappa shape index (κ1) is 15.4. The Morgan fingerprint density at radius 3 is 2.67 bits per heavy atom. The van der Waals surface area contributed by atoms with Crippen molar-refractivity contribution >= 4 is 17.5 Å². The lowest BCUT2D eigenvalue weighted by molar-refractivity contribution is 0.0949. The molecule has 1 heterocycles. The van der Waals surface area contributed by atoms with Gasteiger partial charge in [-0.05, 0) is 12.0 Å². The van der Waals surface area contributed by atoms with Gasteiger partial charge >= 0.3 is 0 Å². The molecule has 0 radical (unpaired) electrons. The Bertz CT molecular complexity index is 614. The summed E-state index contributed by atoms with van der Waals surface area (Å²) in [5.74, 6) is 0.506. The molecular formula is C16H18ClN3O. The molecule has 0 saturated heterocycles. The van der Waals surface area contributed by atoms with Crippen LogP contribution in [-0.2, 0) is 6.42 Å². The summed E-state index contributed by atoms with van der Waals surface area (Å²) >= 11 is 6.01. The Morgan fingerprint density at radius 1 is 1.29 bits per heavy atom. The van der Waals surface area contributed by atoms with Gasteiger partial charge in [-0.3, -0.25) is 4.79 Å². The van der Waals surface area contributed by atoms with Crippen LogP contribution in [-0.4, -0.2) is 22.4 Å². The van der Waals surface area contributed by atoms with Gasteiger partial charge in [0.2, 0.25) is 0 Å². The minimum absolute atomic E-state index is 0.151. The molecule has 5 heteroatoms. The smallest absolute Gasteiger partial charge is 0.271 e. The highest BCUT2D eigenvalue weighted by Crippen LogP contribution is 2.16. The minimum atomic E-state index is -0.264. The van der Waals surface area contributed by atoms with Crippen LogP contribution >= 0.6 is 11.6 Å². The van der Waals surface area contributed by atoms with Crippen LogP contribution in [0.15, 0.2) is 36.5 Å². The molecule has 0 unspecified atom stereocenters. The molecule has 4 nitrogen and oxygen atoms in total. The lowest BCUT2D eigenvalue weighted by Crippen LogP contribution is -2.27. The van der Waals surface area contributed by atoms with Crippen LogP contribution in [0, 0.1) is 0 Å². The molecule has 0 fully saturated rings. The van der Waals surface area contributed by atoms with E-state index in [1.807, 2.05) is 44.2 Å². The van der Waals surface area contributed by atoms with Gasteiger partial charge in [-0.2, -0.15) is 0 Å². The fourth-order valence-electron chi connectivity index (χ4n) is 1.87. The summed E-state index contributed by atoms with van der Waals surface area (Å²) < 4.78 is 0.